The zero-order valence-corrected chi connectivity index (χ0v) is 16.4. The Balaban J connectivity index is 1.82. The second kappa shape index (κ2) is 6.14. The van der Waals surface area contributed by atoms with Crippen LogP contribution in [0, 0.1) is 20.8 Å². The predicted octanol–water partition coefficient (Wildman–Crippen LogP) is 4.71. The summed E-state index contributed by atoms with van der Waals surface area (Å²) in [6.07, 6.45) is 3.51. The van der Waals surface area contributed by atoms with Crippen LogP contribution in [0.2, 0.25) is 5.02 Å². The minimum absolute atomic E-state index is 0.582. The minimum Gasteiger partial charge on any atom is -0.282 e. The second-order valence-corrected chi connectivity index (χ2v) is 7.27. The average Bonchev–Trinajstić information content (AvgIpc) is 3.21. The van der Waals surface area contributed by atoms with E-state index in [4.69, 9.17) is 16.6 Å². The summed E-state index contributed by atoms with van der Waals surface area (Å²) in [5, 5.41) is 6.18. The van der Waals surface area contributed by atoms with Crippen LogP contribution < -0.4 is 0 Å². The van der Waals surface area contributed by atoms with Gasteiger partial charge in [-0.15, -0.1) is 5.10 Å². The Morgan fingerprint density at radius 1 is 0.964 bits per heavy atom. The van der Waals surface area contributed by atoms with E-state index in [9.17, 15) is 0 Å². The molecule has 1 aromatic carbocycles. The maximum atomic E-state index is 6.34. The Labute approximate surface area is 166 Å². The van der Waals surface area contributed by atoms with Crippen molar-refractivity contribution >= 4 is 28.3 Å². The van der Waals surface area contributed by atoms with Crippen molar-refractivity contribution in [3.63, 3.8) is 0 Å². The fourth-order valence-electron chi connectivity index (χ4n) is 3.54. The monoisotopic (exact) mass is 388 g/mol. The molecule has 28 heavy (non-hydrogen) atoms. The number of aromatic nitrogens is 6. The lowest BCUT2D eigenvalue weighted by Crippen LogP contribution is -2.01. The fourth-order valence-corrected chi connectivity index (χ4v) is 3.76. The van der Waals surface area contributed by atoms with E-state index >= 15 is 0 Å². The van der Waals surface area contributed by atoms with E-state index in [1.165, 1.54) is 0 Å². The molecular weight excluding hydrogens is 372 g/mol. The van der Waals surface area contributed by atoms with Crippen LogP contribution in [0.5, 0.6) is 0 Å². The van der Waals surface area contributed by atoms with Gasteiger partial charge in [0.05, 0.1) is 10.4 Å². The third-order valence-corrected chi connectivity index (χ3v) is 5.41. The lowest BCUT2D eigenvalue weighted by atomic mass is 10.2. The number of aryl methyl sites for hydroxylation is 2. The van der Waals surface area contributed by atoms with E-state index in [1.54, 1.807) is 10.8 Å². The van der Waals surface area contributed by atoms with E-state index in [-0.39, 0.29) is 0 Å². The molecule has 0 atom stereocenters. The third-order valence-electron chi connectivity index (χ3n) is 5.08. The Hall–Kier alpha value is -3.25. The number of hydrogen-bond donors (Lipinski definition) is 0. The molecule has 5 aromatic rings. The normalized spacial score (nSPS) is 11.6. The van der Waals surface area contributed by atoms with Crippen LogP contribution in [0.4, 0.5) is 0 Å². The van der Waals surface area contributed by atoms with Gasteiger partial charge in [-0.2, -0.15) is 0 Å². The summed E-state index contributed by atoms with van der Waals surface area (Å²) in [6, 6.07) is 11.6. The molecule has 0 spiro atoms. The van der Waals surface area contributed by atoms with Crippen molar-refractivity contribution in [3.8, 4) is 17.2 Å². The van der Waals surface area contributed by atoms with Gasteiger partial charge in [0.15, 0.2) is 17.1 Å². The topological polar surface area (TPSA) is 60.9 Å². The highest BCUT2D eigenvalue weighted by Crippen LogP contribution is 2.31. The lowest BCUT2D eigenvalue weighted by Gasteiger charge is -2.07. The molecule has 0 saturated carbocycles. The van der Waals surface area contributed by atoms with E-state index in [2.05, 4.69) is 46.5 Å². The largest absolute Gasteiger partial charge is 0.282 e. The highest BCUT2D eigenvalue weighted by atomic mass is 35.5. The summed E-state index contributed by atoms with van der Waals surface area (Å²) in [6.45, 7) is 6.21. The van der Waals surface area contributed by atoms with Crippen molar-refractivity contribution in [3.05, 3.63) is 70.8 Å². The van der Waals surface area contributed by atoms with Crippen molar-refractivity contribution in [1.29, 1.82) is 0 Å². The van der Waals surface area contributed by atoms with Crippen LogP contribution in [-0.2, 0) is 0 Å². The molecule has 0 aliphatic rings. The number of hydrogen-bond acceptors (Lipinski definition) is 4. The quantitative estimate of drug-likeness (QED) is 0.439. The minimum atomic E-state index is 0.582. The van der Waals surface area contributed by atoms with Crippen molar-refractivity contribution in [2.75, 3.05) is 0 Å². The first-order valence-corrected chi connectivity index (χ1v) is 9.33. The molecular formula is C21H17ClN6. The molecule has 0 N–H and O–H groups in total. The number of benzene rings is 1. The highest BCUT2D eigenvalue weighted by molar-refractivity contribution is 6.33. The summed E-state index contributed by atoms with van der Waals surface area (Å²) in [5.41, 5.74) is 5.71. The molecule has 0 radical (unpaired) electrons. The van der Waals surface area contributed by atoms with Gasteiger partial charge in [-0.3, -0.25) is 4.57 Å². The van der Waals surface area contributed by atoms with Crippen LogP contribution in [0.25, 0.3) is 33.9 Å². The first-order chi connectivity index (χ1) is 13.5. The van der Waals surface area contributed by atoms with Crippen LogP contribution in [0.15, 0.2) is 48.9 Å². The lowest BCUT2D eigenvalue weighted by molar-refractivity contribution is 0.918. The van der Waals surface area contributed by atoms with Crippen LogP contribution in [0.1, 0.15) is 16.8 Å². The smallest absolute Gasteiger partial charge is 0.183 e. The molecule has 0 unspecified atom stereocenters. The van der Waals surface area contributed by atoms with Gasteiger partial charge in [0.2, 0.25) is 0 Å². The van der Waals surface area contributed by atoms with Crippen LogP contribution in [0.3, 0.4) is 0 Å². The van der Waals surface area contributed by atoms with Gasteiger partial charge in [0, 0.05) is 17.5 Å². The summed E-state index contributed by atoms with van der Waals surface area (Å²) in [7, 11) is 0. The molecule has 5 rings (SSSR count). The van der Waals surface area contributed by atoms with Gasteiger partial charge in [-0.1, -0.05) is 23.7 Å². The summed E-state index contributed by atoms with van der Waals surface area (Å²) >= 11 is 6.34. The number of fused-ring (bicyclic) bond motifs is 3. The van der Waals surface area contributed by atoms with E-state index < -0.39 is 0 Å². The van der Waals surface area contributed by atoms with Gasteiger partial charge in [0.25, 0.3) is 0 Å². The van der Waals surface area contributed by atoms with Gasteiger partial charge in [-0.05, 0) is 56.2 Å². The maximum Gasteiger partial charge on any atom is 0.183 e. The molecule has 4 aromatic heterocycles. The third kappa shape index (κ3) is 2.42. The fraction of sp³-hybridized carbons (Fsp3) is 0.143. The van der Waals surface area contributed by atoms with E-state index in [0.29, 0.717) is 10.8 Å². The molecule has 0 bridgehead atoms. The highest BCUT2D eigenvalue weighted by Gasteiger charge is 2.20. The molecule has 7 heteroatoms. The molecule has 138 valence electrons. The Morgan fingerprint density at radius 3 is 2.57 bits per heavy atom. The van der Waals surface area contributed by atoms with Crippen molar-refractivity contribution < 1.29 is 0 Å². The second-order valence-electron chi connectivity index (χ2n) is 6.86. The van der Waals surface area contributed by atoms with E-state index in [1.807, 2.05) is 36.5 Å². The molecule has 6 nitrogen and oxygen atoms in total. The average molecular weight is 389 g/mol. The molecule has 0 saturated heterocycles. The van der Waals surface area contributed by atoms with E-state index in [0.717, 1.165) is 44.9 Å². The number of halogens is 1. The Bertz CT molecular complexity index is 1360. The molecule has 4 heterocycles. The van der Waals surface area contributed by atoms with Crippen molar-refractivity contribution in [1.82, 2.24) is 29.1 Å². The summed E-state index contributed by atoms with van der Waals surface area (Å²) in [5.74, 6) is 1.43. The zero-order valence-electron chi connectivity index (χ0n) is 15.7. The SMILES string of the molecule is Cc1ccnc(-n2c(C)c(C)c3c2ncn2nc(-c4ccccc4Cl)nc32)c1. The van der Waals surface area contributed by atoms with Crippen LogP contribution >= 0.6 is 11.6 Å². The summed E-state index contributed by atoms with van der Waals surface area (Å²) in [4.78, 5) is 14.0. The van der Waals surface area contributed by atoms with Crippen molar-refractivity contribution in [2.45, 2.75) is 20.8 Å². The molecule has 0 fully saturated rings. The van der Waals surface area contributed by atoms with Gasteiger partial charge < -0.3 is 0 Å². The molecule has 0 amide bonds. The Kier molecular flexibility index (Phi) is 3.70. The summed E-state index contributed by atoms with van der Waals surface area (Å²) < 4.78 is 3.78. The van der Waals surface area contributed by atoms with Crippen molar-refractivity contribution in [2.24, 2.45) is 0 Å². The van der Waals surface area contributed by atoms with Gasteiger partial charge >= 0.3 is 0 Å². The zero-order chi connectivity index (χ0) is 19.4. The maximum absolute atomic E-state index is 6.34. The predicted molar refractivity (Wildman–Crippen MR) is 110 cm³/mol. The van der Waals surface area contributed by atoms with Gasteiger partial charge in [-0.25, -0.2) is 19.5 Å². The Morgan fingerprint density at radius 2 is 1.79 bits per heavy atom. The number of nitrogens with zero attached hydrogens (tertiary/aromatic N) is 6. The number of pyridine rings is 1. The van der Waals surface area contributed by atoms with Crippen LogP contribution in [-0.4, -0.2) is 29.1 Å². The van der Waals surface area contributed by atoms with Gasteiger partial charge in [0.1, 0.15) is 12.1 Å². The molecule has 0 aliphatic heterocycles. The first kappa shape index (κ1) is 16.9. The number of rotatable bonds is 2. The standard InChI is InChI=1S/C21H17ClN6/c1-12-8-9-23-17(10-12)28-14(3)13(2)18-20(28)24-11-27-21(18)25-19(26-27)15-6-4-5-7-16(15)22/h4-11H,1-3H3. The molecule has 0 aliphatic carbocycles. The first-order valence-electron chi connectivity index (χ1n) is 8.95.